The highest BCUT2D eigenvalue weighted by atomic mass is 31.1. The quantitative estimate of drug-likeness (QED) is 0.426. The summed E-state index contributed by atoms with van der Waals surface area (Å²) in [5, 5.41) is 2.11. The summed E-state index contributed by atoms with van der Waals surface area (Å²) in [6, 6.07) is 11.3. The summed E-state index contributed by atoms with van der Waals surface area (Å²) in [5.74, 6) is 0.617. The number of aryl methyl sites for hydroxylation is 1. The van der Waals surface area contributed by atoms with E-state index < -0.39 is 8.03 Å². The van der Waals surface area contributed by atoms with Crippen molar-refractivity contribution >= 4 is 24.3 Å². The van der Waals surface area contributed by atoms with Crippen LogP contribution in [0.25, 0.3) is 22.3 Å². The summed E-state index contributed by atoms with van der Waals surface area (Å²) in [5.41, 5.74) is 2.36. The van der Waals surface area contributed by atoms with Gasteiger partial charge in [0.15, 0.2) is 0 Å². The summed E-state index contributed by atoms with van der Waals surface area (Å²) in [7, 11) is 1.44. The van der Waals surface area contributed by atoms with Crippen molar-refractivity contribution in [2.45, 2.75) is 6.92 Å². The van der Waals surface area contributed by atoms with Gasteiger partial charge in [-0.2, -0.15) is 4.89 Å². The van der Waals surface area contributed by atoms with E-state index in [0.29, 0.717) is 27.6 Å². The van der Waals surface area contributed by atoms with Gasteiger partial charge in [-0.1, -0.05) is 6.07 Å². The summed E-state index contributed by atoms with van der Waals surface area (Å²) in [6.07, 6.45) is 0. The molecule has 0 aromatic heterocycles. The van der Waals surface area contributed by atoms with Crippen LogP contribution in [0.3, 0.4) is 0 Å². The lowest BCUT2D eigenvalue weighted by Crippen LogP contribution is -2.22. The van der Waals surface area contributed by atoms with Crippen molar-refractivity contribution in [2.24, 2.45) is 0 Å². The van der Waals surface area contributed by atoms with Gasteiger partial charge < -0.3 is 4.42 Å². The number of fused-ring (bicyclic) bond motifs is 2. The van der Waals surface area contributed by atoms with Crippen LogP contribution in [0.2, 0.25) is 0 Å². The summed E-state index contributed by atoms with van der Waals surface area (Å²) >= 11 is 0. The maximum Gasteiger partial charge on any atom is 0.547 e. The van der Waals surface area contributed by atoms with E-state index in [4.69, 9.17) is 4.42 Å². The molecular formula is C16H16NO3P+2. The minimum Gasteiger partial charge on any atom is -0.455 e. The van der Waals surface area contributed by atoms with Crippen LogP contribution in [0.15, 0.2) is 40.8 Å². The Bertz CT molecular complexity index is 907. The molecule has 0 bridgehead atoms. The Morgan fingerprint density at radius 2 is 1.90 bits per heavy atom. The first-order chi connectivity index (χ1) is 9.97. The molecule has 0 saturated heterocycles. The van der Waals surface area contributed by atoms with Crippen molar-refractivity contribution in [3.63, 3.8) is 0 Å². The van der Waals surface area contributed by atoms with Crippen LogP contribution >= 0.6 is 8.03 Å². The molecule has 1 N–H and O–H groups in total. The van der Waals surface area contributed by atoms with Crippen LogP contribution in [-0.4, -0.2) is 19.0 Å². The average molecular weight is 301 g/mol. The number of rotatable bonds is 1. The maximum absolute atomic E-state index is 11.8. The fourth-order valence-corrected chi connectivity index (χ4v) is 3.23. The Balaban J connectivity index is 2.53. The Morgan fingerprint density at radius 3 is 2.57 bits per heavy atom. The first kappa shape index (κ1) is 13.9. The molecule has 0 amide bonds. The van der Waals surface area contributed by atoms with E-state index in [9.17, 15) is 9.46 Å². The zero-order valence-corrected chi connectivity index (χ0v) is 13.0. The molecule has 1 atom stereocenters. The van der Waals surface area contributed by atoms with E-state index in [-0.39, 0.29) is 0 Å². The molecular weight excluding hydrogens is 285 g/mol. The minimum absolute atomic E-state index is 0.437. The lowest BCUT2D eigenvalue weighted by molar-refractivity contribution is 0.513. The summed E-state index contributed by atoms with van der Waals surface area (Å²) < 4.78 is 19.7. The molecule has 5 heteroatoms. The van der Waals surface area contributed by atoms with Crippen molar-refractivity contribution in [3.05, 3.63) is 47.3 Å². The minimum atomic E-state index is -2.45. The van der Waals surface area contributed by atoms with Crippen LogP contribution in [0, 0.1) is 6.92 Å². The molecule has 0 fully saturated rings. The van der Waals surface area contributed by atoms with E-state index in [2.05, 4.69) is 0 Å². The molecule has 0 saturated carbocycles. The molecule has 106 valence electrons. The molecule has 0 spiro atoms. The highest BCUT2D eigenvalue weighted by Gasteiger charge is 2.29. The van der Waals surface area contributed by atoms with Gasteiger partial charge in [0.2, 0.25) is 10.7 Å². The molecule has 1 unspecified atom stereocenters. The molecule has 21 heavy (non-hydrogen) atoms. The van der Waals surface area contributed by atoms with Gasteiger partial charge in [-0.15, -0.1) is 0 Å². The molecule has 1 heterocycles. The maximum atomic E-state index is 11.8. The smallest absolute Gasteiger partial charge is 0.455 e. The SMILES string of the molecule is Cc1ccc2c([P+](=O)O)c3ccc(=[N+](C)C)cc-3oc2c1. The van der Waals surface area contributed by atoms with Gasteiger partial charge in [0.25, 0.3) is 0 Å². The van der Waals surface area contributed by atoms with Gasteiger partial charge in [0.1, 0.15) is 25.4 Å². The molecule has 1 aromatic rings. The Morgan fingerprint density at radius 1 is 1.14 bits per heavy atom. The third-order valence-electron chi connectivity index (χ3n) is 3.54. The molecule has 1 aromatic carbocycles. The third-order valence-corrected chi connectivity index (χ3v) is 4.40. The van der Waals surface area contributed by atoms with Crippen LogP contribution in [0.5, 0.6) is 0 Å². The molecule has 1 aliphatic carbocycles. The van der Waals surface area contributed by atoms with Crippen molar-refractivity contribution in [2.75, 3.05) is 14.1 Å². The standard InChI is InChI=1S/C16H15NO3P/c1-10-4-6-12-14(8-10)20-15-9-11(17(2)3)5-7-13(15)16(12)21(18)19/h4-9H,1-3H3/q+1/p+1. The monoisotopic (exact) mass is 301 g/mol. The van der Waals surface area contributed by atoms with E-state index in [1.165, 1.54) is 0 Å². The third kappa shape index (κ3) is 2.37. The first-order valence-electron chi connectivity index (χ1n) is 6.61. The molecule has 0 radical (unpaired) electrons. The molecule has 1 aliphatic heterocycles. The lowest BCUT2D eigenvalue weighted by atomic mass is 10.1. The normalized spacial score (nSPS) is 11.9. The molecule has 4 nitrogen and oxygen atoms in total. The second-order valence-electron chi connectivity index (χ2n) is 5.30. The van der Waals surface area contributed by atoms with Crippen LogP contribution < -0.4 is 15.2 Å². The fourth-order valence-electron chi connectivity index (χ4n) is 2.45. The second-order valence-corrected chi connectivity index (χ2v) is 6.29. The Kier molecular flexibility index (Phi) is 3.36. The largest absolute Gasteiger partial charge is 0.547 e. The average Bonchev–Trinajstić information content (AvgIpc) is 2.43. The fraction of sp³-hybridized carbons (Fsp3) is 0.188. The zero-order chi connectivity index (χ0) is 15.1. The van der Waals surface area contributed by atoms with Crippen molar-refractivity contribution in [3.8, 4) is 11.3 Å². The highest BCUT2D eigenvalue weighted by molar-refractivity contribution is 7.48. The summed E-state index contributed by atoms with van der Waals surface area (Å²) in [4.78, 5) is 9.72. The first-order valence-corrected chi connectivity index (χ1v) is 7.82. The van der Waals surface area contributed by atoms with E-state index >= 15 is 0 Å². The summed E-state index contributed by atoms with van der Waals surface area (Å²) in [6.45, 7) is 1.97. The van der Waals surface area contributed by atoms with Crippen molar-refractivity contribution in [1.29, 1.82) is 0 Å². The highest BCUT2D eigenvalue weighted by Crippen LogP contribution is 2.32. The lowest BCUT2D eigenvalue weighted by Gasteiger charge is -2.07. The van der Waals surface area contributed by atoms with Gasteiger partial charge in [-0.05, 0) is 35.3 Å². The van der Waals surface area contributed by atoms with Crippen LogP contribution in [0.1, 0.15) is 5.56 Å². The van der Waals surface area contributed by atoms with Gasteiger partial charge in [-0.25, -0.2) is 4.58 Å². The topological polar surface area (TPSA) is 53.4 Å². The number of nitrogens with zero attached hydrogens (tertiary/aromatic N) is 1. The predicted molar refractivity (Wildman–Crippen MR) is 84.1 cm³/mol. The van der Waals surface area contributed by atoms with E-state index in [1.54, 1.807) is 0 Å². The van der Waals surface area contributed by atoms with E-state index in [0.717, 1.165) is 10.9 Å². The van der Waals surface area contributed by atoms with Crippen LogP contribution in [-0.2, 0) is 4.57 Å². The number of benzene rings is 2. The van der Waals surface area contributed by atoms with Gasteiger partial charge >= 0.3 is 8.03 Å². The number of hydrogen-bond acceptors (Lipinski definition) is 2. The van der Waals surface area contributed by atoms with Crippen LogP contribution in [0.4, 0.5) is 0 Å². The zero-order valence-electron chi connectivity index (χ0n) is 12.1. The number of hydrogen-bond donors (Lipinski definition) is 1. The predicted octanol–water partition coefficient (Wildman–Crippen LogP) is 2.24. The molecule has 2 aliphatic rings. The molecule has 3 rings (SSSR count). The second kappa shape index (κ2) is 5.06. The van der Waals surface area contributed by atoms with E-state index in [1.807, 2.05) is 62.0 Å². The Labute approximate surface area is 123 Å². The van der Waals surface area contributed by atoms with Crippen molar-refractivity contribution in [1.82, 2.24) is 4.58 Å². The van der Waals surface area contributed by atoms with Gasteiger partial charge in [0.05, 0.1) is 17.0 Å². The van der Waals surface area contributed by atoms with Gasteiger partial charge in [-0.3, -0.25) is 0 Å². The van der Waals surface area contributed by atoms with Gasteiger partial charge in [0, 0.05) is 6.07 Å². The van der Waals surface area contributed by atoms with Crippen molar-refractivity contribution < 1.29 is 13.9 Å². The Hall–Kier alpha value is -2.03.